The first-order valence-corrected chi connectivity index (χ1v) is 6.67. The molecule has 1 rings (SSSR count). The minimum absolute atomic E-state index is 0.130. The Kier molecular flexibility index (Phi) is 6.52. The first-order valence-electron chi connectivity index (χ1n) is 6.67. The van der Waals surface area contributed by atoms with Crippen LogP contribution in [-0.4, -0.2) is 38.8 Å². The molecule has 1 aliphatic rings. The van der Waals surface area contributed by atoms with Gasteiger partial charge in [0.2, 0.25) is 5.91 Å². The maximum atomic E-state index is 11.8. The monoisotopic (exact) mass is 242 g/mol. The van der Waals surface area contributed by atoms with Gasteiger partial charge in [-0.25, -0.2) is 0 Å². The summed E-state index contributed by atoms with van der Waals surface area (Å²) in [6.07, 6.45) is 1.08. The summed E-state index contributed by atoms with van der Waals surface area (Å²) in [5.41, 5.74) is 0. The van der Waals surface area contributed by atoms with Crippen molar-refractivity contribution in [2.45, 2.75) is 27.2 Å². The first-order chi connectivity index (χ1) is 8.11. The van der Waals surface area contributed by atoms with E-state index in [2.05, 4.69) is 31.4 Å². The number of ether oxygens (including phenoxy) is 1. The SMILES string of the molecule is CC(C)CCOCCNC(=O)C1CNCC1C. The molecule has 0 aromatic heterocycles. The molecule has 0 bridgehead atoms. The van der Waals surface area contributed by atoms with Gasteiger partial charge in [-0.05, 0) is 24.8 Å². The van der Waals surface area contributed by atoms with E-state index in [-0.39, 0.29) is 11.8 Å². The minimum Gasteiger partial charge on any atom is -0.380 e. The summed E-state index contributed by atoms with van der Waals surface area (Å²) in [6, 6.07) is 0. The van der Waals surface area contributed by atoms with Gasteiger partial charge in [0.25, 0.3) is 0 Å². The van der Waals surface area contributed by atoms with Crippen molar-refractivity contribution in [3.05, 3.63) is 0 Å². The highest BCUT2D eigenvalue weighted by Crippen LogP contribution is 2.15. The average Bonchev–Trinajstić information content (AvgIpc) is 2.69. The van der Waals surface area contributed by atoms with Crippen LogP contribution in [0.4, 0.5) is 0 Å². The lowest BCUT2D eigenvalue weighted by Crippen LogP contribution is -2.36. The molecule has 1 aliphatic heterocycles. The minimum atomic E-state index is 0.130. The number of hydrogen-bond acceptors (Lipinski definition) is 3. The Bertz CT molecular complexity index is 231. The van der Waals surface area contributed by atoms with Crippen LogP contribution in [0.25, 0.3) is 0 Å². The van der Waals surface area contributed by atoms with Gasteiger partial charge in [-0.1, -0.05) is 20.8 Å². The third-order valence-corrected chi connectivity index (χ3v) is 3.24. The number of rotatable bonds is 7. The predicted molar refractivity (Wildman–Crippen MR) is 68.8 cm³/mol. The zero-order chi connectivity index (χ0) is 12.7. The fourth-order valence-corrected chi connectivity index (χ4v) is 1.96. The second-order valence-corrected chi connectivity index (χ2v) is 5.33. The molecule has 4 heteroatoms. The van der Waals surface area contributed by atoms with Crippen molar-refractivity contribution in [3.8, 4) is 0 Å². The summed E-state index contributed by atoms with van der Waals surface area (Å²) >= 11 is 0. The second kappa shape index (κ2) is 7.67. The molecule has 2 N–H and O–H groups in total. The summed E-state index contributed by atoms with van der Waals surface area (Å²) in [4.78, 5) is 11.8. The Hall–Kier alpha value is -0.610. The van der Waals surface area contributed by atoms with Crippen molar-refractivity contribution in [1.29, 1.82) is 0 Å². The molecule has 0 aliphatic carbocycles. The first kappa shape index (κ1) is 14.5. The van der Waals surface area contributed by atoms with E-state index in [0.717, 1.165) is 26.1 Å². The third-order valence-electron chi connectivity index (χ3n) is 3.24. The van der Waals surface area contributed by atoms with E-state index in [9.17, 15) is 4.79 Å². The third kappa shape index (κ3) is 5.50. The summed E-state index contributed by atoms with van der Waals surface area (Å²) < 4.78 is 5.45. The fraction of sp³-hybridized carbons (Fsp3) is 0.923. The molecule has 0 aromatic rings. The van der Waals surface area contributed by atoms with Crippen LogP contribution in [0.15, 0.2) is 0 Å². The Morgan fingerprint density at radius 3 is 2.76 bits per heavy atom. The molecule has 1 amide bonds. The van der Waals surface area contributed by atoms with Gasteiger partial charge < -0.3 is 15.4 Å². The molecule has 0 aromatic carbocycles. The molecule has 4 nitrogen and oxygen atoms in total. The molecule has 1 heterocycles. The smallest absolute Gasteiger partial charge is 0.224 e. The normalized spacial score (nSPS) is 24.2. The Morgan fingerprint density at radius 2 is 2.18 bits per heavy atom. The zero-order valence-corrected chi connectivity index (χ0v) is 11.3. The summed E-state index contributed by atoms with van der Waals surface area (Å²) in [5, 5.41) is 6.17. The van der Waals surface area contributed by atoms with Crippen LogP contribution in [0.2, 0.25) is 0 Å². The van der Waals surface area contributed by atoms with Crippen molar-refractivity contribution in [2.75, 3.05) is 32.8 Å². The molecule has 100 valence electrons. The van der Waals surface area contributed by atoms with E-state index < -0.39 is 0 Å². The summed E-state index contributed by atoms with van der Waals surface area (Å²) in [6.45, 7) is 10.3. The molecular formula is C13H26N2O2. The molecular weight excluding hydrogens is 216 g/mol. The molecule has 0 saturated carbocycles. The molecule has 0 radical (unpaired) electrons. The zero-order valence-electron chi connectivity index (χ0n) is 11.3. The van der Waals surface area contributed by atoms with Gasteiger partial charge >= 0.3 is 0 Å². The molecule has 1 fully saturated rings. The molecule has 1 saturated heterocycles. The quantitative estimate of drug-likeness (QED) is 0.655. The van der Waals surface area contributed by atoms with E-state index in [1.165, 1.54) is 0 Å². The lowest BCUT2D eigenvalue weighted by molar-refractivity contribution is -0.125. The Balaban J connectivity index is 2.00. The van der Waals surface area contributed by atoms with Crippen molar-refractivity contribution < 1.29 is 9.53 Å². The van der Waals surface area contributed by atoms with Crippen molar-refractivity contribution in [2.24, 2.45) is 17.8 Å². The van der Waals surface area contributed by atoms with Crippen molar-refractivity contribution in [3.63, 3.8) is 0 Å². The predicted octanol–water partition coefficient (Wildman–Crippen LogP) is 1.02. The largest absolute Gasteiger partial charge is 0.380 e. The van der Waals surface area contributed by atoms with Gasteiger partial charge in [0, 0.05) is 19.7 Å². The fourth-order valence-electron chi connectivity index (χ4n) is 1.96. The van der Waals surface area contributed by atoms with Gasteiger partial charge in [-0.2, -0.15) is 0 Å². The number of amides is 1. The van der Waals surface area contributed by atoms with Crippen LogP contribution >= 0.6 is 0 Å². The second-order valence-electron chi connectivity index (χ2n) is 5.33. The van der Waals surface area contributed by atoms with Crippen LogP contribution in [0, 0.1) is 17.8 Å². The highest BCUT2D eigenvalue weighted by Gasteiger charge is 2.28. The van der Waals surface area contributed by atoms with Gasteiger partial charge in [0.05, 0.1) is 12.5 Å². The van der Waals surface area contributed by atoms with E-state index in [0.29, 0.717) is 25.0 Å². The van der Waals surface area contributed by atoms with Gasteiger partial charge in [-0.15, -0.1) is 0 Å². The highest BCUT2D eigenvalue weighted by molar-refractivity contribution is 5.79. The Morgan fingerprint density at radius 1 is 1.41 bits per heavy atom. The Labute approximate surface area is 104 Å². The molecule has 0 spiro atoms. The summed E-state index contributed by atoms with van der Waals surface area (Å²) in [5.74, 6) is 1.41. The molecule has 2 unspecified atom stereocenters. The van der Waals surface area contributed by atoms with E-state index in [4.69, 9.17) is 4.74 Å². The summed E-state index contributed by atoms with van der Waals surface area (Å²) in [7, 11) is 0. The highest BCUT2D eigenvalue weighted by atomic mass is 16.5. The van der Waals surface area contributed by atoms with Crippen LogP contribution in [0.5, 0.6) is 0 Å². The van der Waals surface area contributed by atoms with Crippen LogP contribution in [0.1, 0.15) is 27.2 Å². The van der Waals surface area contributed by atoms with Crippen molar-refractivity contribution >= 4 is 5.91 Å². The van der Waals surface area contributed by atoms with E-state index >= 15 is 0 Å². The van der Waals surface area contributed by atoms with Crippen LogP contribution in [-0.2, 0) is 9.53 Å². The van der Waals surface area contributed by atoms with Crippen molar-refractivity contribution in [1.82, 2.24) is 10.6 Å². The van der Waals surface area contributed by atoms with E-state index in [1.807, 2.05) is 0 Å². The number of carbonyl (C=O) groups excluding carboxylic acids is 1. The molecule has 2 atom stereocenters. The van der Waals surface area contributed by atoms with Crippen LogP contribution < -0.4 is 10.6 Å². The van der Waals surface area contributed by atoms with Crippen LogP contribution in [0.3, 0.4) is 0 Å². The van der Waals surface area contributed by atoms with E-state index in [1.54, 1.807) is 0 Å². The molecule has 17 heavy (non-hydrogen) atoms. The number of nitrogens with one attached hydrogen (secondary N) is 2. The lowest BCUT2D eigenvalue weighted by Gasteiger charge is -2.14. The lowest BCUT2D eigenvalue weighted by atomic mass is 9.97. The maximum Gasteiger partial charge on any atom is 0.224 e. The average molecular weight is 242 g/mol. The standard InChI is InChI=1S/C13H26N2O2/c1-10(2)4-6-17-7-5-15-13(16)12-9-14-8-11(12)3/h10-12,14H,4-9H2,1-3H3,(H,15,16). The number of hydrogen-bond donors (Lipinski definition) is 2. The maximum absolute atomic E-state index is 11.8. The van der Waals surface area contributed by atoms with Gasteiger partial charge in [0.15, 0.2) is 0 Å². The van der Waals surface area contributed by atoms with Gasteiger partial charge in [-0.3, -0.25) is 4.79 Å². The van der Waals surface area contributed by atoms with Gasteiger partial charge in [0.1, 0.15) is 0 Å². The topological polar surface area (TPSA) is 50.4 Å². The number of carbonyl (C=O) groups is 1.